The van der Waals surface area contributed by atoms with Gasteiger partial charge < -0.3 is 15.4 Å². The van der Waals surface area contributed by atoms with Crippen LogP contribution >= 0.6 is 23.2 Å². The third kappa shape index (κ3) is 5.42. The number of halogens is 2. The van der Waals surface area contributed by atoms with E-state index in [0.717, 1.165) is 22.5 Å². The fourth-order valence-corrected chi connectivity index (χ4v) is 3.74. The monoisotopic (exact) mass is 478 g/mol. The molecule has 0 aliphatic heterocycles. The highest BCUT2D eigenvalue weighted by atomic mass is 35.5. The van der Waals surface area contributed by atoms with Crippen LogP contribution in [-0.2, 0) is 0 Å². The zero-order valence-electron chi connectivity index (χ0n) is 17.9. The number of benzene rings is 2. The van der Waals surface area contributed by atoms with E-state index in [-0.39, 0.29) is 5.91 Å². The molecule has 4 rings (SSSR count). The standard InChI is InChI=1S/C25H20Cl2N4O2/c1-15-5-6-17(24(32)31-20-13-18(26)12-19(27)14-20)10-22(15)33-25-21(4-3-8-30-25)16-7-9-29-23(11-16)28-2/h3-14H,1-2H3,(H,28,29)(H,31,32). The summed E-state index contributed by atoms with van der Waals surface area (Å²) in [7, 11) is 1.81. The van der Waals surface area contributed by atoms with Crippen molar-refractivity contribution >= 4 is 40.6 Å². The zero-order valence-corrected chi connectivity index (χ0v) is 19.4. The smallest absolute Gasteiger partial charge is 0.255 e. The summed E-state index contributed by atoms with van der Waals surface area (Å²) >= 11 is 12.1. The van der Waals surface area contributed by atoms with E-state index in [1.807, 2.05) is 44.3 Å². The first-order chi connectivity index (χ1) is 15.9. The van der Waals surface area contributed by atoms with Crippen molar-refractivity contribution in [2.75, 3.05) is 17.7 Å². The first-order valence-corrected chi connectivity index (χ1v) is 10.8. The minimum atomic E-state index is -0.313. The molecule has 0 saturated carbocycles. The molecular formula is C25H20Cl2N4O2. The van der Waals surface area contributed by atoms with Crippen molar-refractivity contribution in [1.82, 2.24) is 9.97 Å². The molecule has 0 fully saturated rings. The van der Waals surface area contributed by atoms with E-state index in [2.05, 4.69) is 20.6 Å². The number of aromatic nitrogens is 2. The minimum absolute atomic E-state index is 0.313. The van der Waals surface area contributed by atoms with Gasteiger partial charge in [0.25, 0.3) is 5.91 Å². The Bertz CT molecular complexity index is 1310. The minimum Gasteiger partial charge on any atom is -0.438 e. The van der Waals surface area contributed by atoms with Crippen LogP contribution in [0.3, 0.4) is 0 Å². The maximum absolute atomic E-state index is 12.8. The predicted molar refractivity (Wildman–Crippen MR) is 133 cm³/mol. The van der Waals surface area contributed by atoms with Gasteiger partial charge >= 0.3 is 0 Å². The number of pyridine rings is 2. The molecule has 0 spiro atoms. The van der Waals surface area contributed by atoms with E-state index >= 15 is 0 Å². The van der Waals surface area contributed by atoms with Crippen LogP contribution in [0.2, 0.25) is 10.0 Å². The Labute approximate surface area is 201 Å². The summed E-state index contributed by atoms with van der Waals surface area (Å²) in [5.74, 6) is 1.37. The van der Waals surface area contributed by atoms with Crippen LogP contribution in [0.15, 0.2) is 73.1 Å². The lowest BCUT2D eigenvalue weighted by Gasteiger charge is -2.14. The Morgan fingerprint density at radius 3 is 2.48 bits per heavy atom. The molecule has 2 aromatic heterocycles. The quantitative estimate of drug-likeness (QED) is 0.317. The molecule has 0 aliphatic carbocycles. The van der Waals surface area contributed by atoms with E-state index in [1.165, 1.54) is 0 Å². The molecule has 0 aliphatic rings. The second-order valence-electron chi connectivity index (χ2n) is 7.23. The molecule has 0 bridgehead atoms. The molecule has 166 valence electrons. The van der Waals surface area contributed by atoms with Gasteiger partial charge in [0.2, 0.25) is 5.88 Å². The van der Waals surface area contributed by atoms with Gasteiger partial charge in [0.1, 0.15) is 11.6 Å². The maximum atomic E-state index is 12.8. The molecular weight excluding hydrogens is 459 g/mol. The summed E-state index contributed by atoms with van der Waals surface area (Å²) < 4.78 is 6.17. The third-order valence-electron chi connectivity index (χ3n) is 4.88. The van der Waals surface area contributed by atoms with Gasteiger partial charge in [-0.25, -0.2) is 9.97 Å². The van der Waals surface area contributed by atoms with Crippen LogP contribution in [0.25, 0.3) is 11.1 Å². The Morgan fingerprint density at radius 2 is 1.73 bits per heavy atom. The van der Waals surface area contributed by atoms with Crippen LogP contribution in [0.1, 0.15) is 15.9 Å². The first-order valence-electron chi connectivity index (χ1n) is 10.1. The van der Waals surface area contributed by atoms with Crippen molar-refractivity contribution in [2.24, 2.45) is 0 Å². The maximum Gasteiger partial charge on any atom is 0.255 e. The lowest BCUT2D eigenvalue weighted by Crippen LogP contribution is -2.12. The number of ether oxygens (including phenoxy) is 1. The molecule has 2 heterocycles. The Kier molecular flexibility index (Phi) is 6.77. The number of aryl methyl sites for hydroxylation is 1. The van der Waals surface area contributed by atoms with E-state index < -0.39 is 0 Å². The average molecular weight is 479 g/mol. The van der Waals surface area contributed by atoms with Crippen LogP contribution < -0.4 is 15.4 Å². The van der Waals surface area contributed by atoms with Gasteiger partial charge in [0.15, 0.2) is 0 Å². The fourth-order valence-electron chi connectivity index (χ4n) is 3.21. The van der Waals surface area contributed by atoms with E-state index in [1.54, 1.807) is 42.7 Å². The SMILES string of the molecule is CNc1cc(-c2cccnc2Oc2cc(C(=O)Nc3cc(Cl)cc(Cl)c3)ccc2C)ccn1. The molecule has 2 N–H and O–H groups in total. The Balaban J connectivity index is 1.62. The number of carbonyl (C=O) groups is 1. The summed E-state index contributed by atoms with van der Waals surface area (Å²) in [6.07, 6.45) is 3.38. The molecule has 0 atom stereocenters. The fraction of sp³-hybridized carbons (Fsp3) is 0.0800. The van der Waals surface area contributed by atoms with Gasteiger partial charge in [-0.05, 0) is 72.6 Å². The molecule has 2 aromatic carbocycles. The normalized spacial score (nSPS) is 10.5. The van der Waals surface area contributed by atoms with Crippen LogP contribution in [0.4, 0.5) is 11.5 Å². The van der Waals surface area contributed by atoms with Crippen molar-refractivity contribution in [2.45, 2.75) is 6.92 Å². The lowest BCUT2D eigenvalue weighted by atomic mass is 10.1. The van der Waals surface area contributed by atoms with E-state index in [4.69, 9.17) is 27.9 Å². The number of anilines is 2. The van der Waals surface area contributed by atoms with Crippen molar-refractivity contribution < 1.29 is 9.53 Å². The van der Waals surface area contributed by atoms with Gasteiger partial charge in [-0.2, -0.15) is 0 Å². The molecule has 6 nitrogen and oxygen atoms in total. The predicted octanol–water partition coefficient (Wildman–Crippen LogP) is 6.85. The second kappa shape index (κ2) is 9.90. The van der Waals surface area contributed by atoms with Gasteiger partial charge in [-0.15, -0.1) is 0 Å². The summed E-state index contributed by atoms with van der Waals surface area (Å²) in [6, 6.07) is 17.7. The first kappa shape index (κ1) is 22.6. The van der Waals surface area contributed by atoms with Crippen molar-refractivity contribution in [3.05, 3.63) is 94.2 Å². The third-order valence-corrected chi connectivity index (χ3v) is 5.31. The molecule has 8 heteroatoms. The average Bonchev–Trinajstić information content (AvgIpc) is 2.80. The van der Waals surface area contributed by atoms with Crippen molar-refractivity contribution in [3.8, 4) is 22.8 Å². The number of nitrogens with one attached hydrogen (secondary N) is 2. The Morgan fingerprint density at radius 1 is 0.939 bits per heavy atom. The summed E-state index contributed by atoms with van der Waals surface area (Å²) in [5, 5.41) is 6.71. The van der Waals surface area contributed by atoms with Gasteiger partial charge in [-0.1, -0.05) is 29.3 Å². The summed E-state index contributed by atoms with van der Waals surface area (Å²) in [4.78, 5) is 21.5. The largest absolute Gasteiger partial charge is 0.438 e. The van der Waals surface area contributed by atoms with Crippen LogP contribution in [0, 0.1) is 6.92 Å². The number of rotatable bonds is 6. The number of hydrogen-bond acceptors (Lipinski definition) is 5. The van der Waals surface area contributed by atoms with Crippen LogP contribution in [-0.4, -0.2) is 22.9 Å². The highest BCUT2D eigenvalue weighted by Crippen LogP contribution is 2.34. The topological polar surface area (TPSA) is 76.1 Å². The number of amides is 1. The molecule has 0 radical (unpaired) electrons. The van der Waals surface area contributed by atoms with Crippen molar-refractivity contribution in [1.29, 1.82) is 0 Å². The number of carbonyl (C=O) groups excluding carboxylic acids is 1. The zero-order chi connectivity index (χ0) is 23.4. The number of nitrogens with zero attached hydrogens (tertiary/aromatic N) is 2. The second-order valence-corrected chi connectivity index (χ2v) is 8.10. The van der Waals surface area contributed by atoms with Gasteiger partial charge in [-0.3, -0.25) is 4.79 Å². The molecule has 33 heavy (non-hydrogen) atoms. The molecule has 4 aromatic rings. The molecule has 0 unspecified atom stereocenters. The molecule has 0 saturated heterocycles. The highest BCUT2D eigenvalue weighted by Gasteiger charge is 2.14. The van der Waals surface area contributed by atoms with Crippen molar-refractivity contribution in [3.63, 3.8) is 0 Å². The van der Waals surface area contributed by atoms with E-state index in [9.17, 15) is 4.79 Å². The van der Waals surface area contributed by atoms with Gasteiger partial charge in [0, 0.05) is 46.3 Å². The van der Waals surface area contributed by atoms with E-state index in [0.29, 0.717) is 32.9 Å². The Hall–Kier alpha value is -3.61. The number of hydrogen-bond donors (Lipinski definition) is 2. The molecule has 1 amide bonds. The summed E-state index contributed by atoms with van der Waals surface area (Å²) in [6.45, 7) is 1.90. The van der Waals surface area contributed by atoms with Crippen LogP contribution in [0.5, 0.6) is 11.6 Å². The highest BCUT2D eigenvalue weighted by molar-refractivity contribution is 6.35. The summed E-state index contributed by atoms with van der Waals surface area (Å²) in [5.41, 5.74) is 3.50. The lowest BCUT2D eigenvalue weighted by molar-refractivity contribution is 0.102. The van der Waals surface area contributed by atoms with Gasteiger partial charge in [0.05, 0.1) is 0 Å².